The Hall–Kier alpha value is -1.92. The molecule has 1 aromatic carbocycles. The van der Waals surface area contributed by atoms with Crippen LogP contribution in [0.4, 0.5) is 5.82 Å². The third kappa shape index (κ3) is 5.32. The first-order valence-electron chi connectivity index (χ1n) is 10.1. The van der Waals surface area contributed by atoms with Gasteiger partial charge in [-0.1, -0.05) is 12.1 Å². The summed E-state index contributed by atoms with van der Waals surface area (Å²) in [5.41, 5.74) is 1.91. The first kappa shape index (κ1) is 19.4. The molecule has 2 heterocycles. The maximum atomic E-state index is 13.1. The Balaban J connectivity index is 1.49. The topological polar surface area (TPSA) is 64.1 Å². The van der Waals surface area contributed by atoms with Crippen LogP contribution in [0.3, 0.4) is 0 Å². The number of nitrogens with one attached hydrogen (secondary N) is 1. The number of carbonyl (C=O) groups excluding carboxylic acids is 1. The minimum atomic E-state index is -0.189. The highest BCUT2D eigenvalue weighted by molar-refractivity contribution is 8.00. The van der Waals surface area contributed by atoms with Crippen molar-refractivity contribution in [3.05, 3.63) is 47.7 Å². The lowest BCUT2D eigenvalue weighted by molar-refractivity contribution is -0.118. The van der Waals surface area contributed by atoms with E-state index in [1.54, 1.807) is 6.07 Å². The smallest absolute Gasteiger partial charge is 0.233 e. The Morgan fingerprint density at radius 1 is 1.11 bits per heavy atom. The zero-order chi connectivity index (χ0) is 19.3. The van der Waals surface area contributed by atoms with Crippen molar-refractivity contribution in [2.24, 2.45) is 5.92 Å². The molecular weight excluding hydrogens is 370 g/mol. The van der Waals surface area contributed by atoms with E-state index in [0.29, 0.717) is 11.7 Å². The summed E-state index contributed by atoms with van der Waals surface area (Å²) in [6, 6.07) is 12.2. The number of aromatic nitrogens is 2. The second-order valence-corrected chi connectivity index (χ2v) is 9.15. The molecule has 1 saturated heterocycles. The van der Waals surface area contributed by atoms with E-state index in [-0.39, 0.29) is 11.8 Å². The molecule has 2 aromatic rings. The fourth-order valence-electron chi connectivity index (χ4n) is 3.55. The lowest BCUT2D eigenvalue weighted by Crippen LogP contribution is -2.26. The highest BCUT2D eigenvalue weighted by atomic mass is 32.2. The largest absolute Gasteiger partial charge is 0.381 e. The van der Waals surface area contributed by atoms with E-state index in [2.05, 4.69) is 39.8 Å². The zero-order valence-electron chi connectivity index (χ0n) is 16.3. The van der Waals surface area contributed by atoms with Gasteiger partial charge in [-0.05, 0) is 74.8 Å². The number of anilines is 1. The van der Waals surface area contributed by atoms with Crippen LogP contribution in [0.15, 0.2) is 41.3 Å². The summed E-state index contributed by atoms with van der Waals surface area (Å²) in [6.45, 7) is 3.46. The molecule has 1 aromatic heterocycles. The molecule has 0 radical (unpaired) electrons. The van der Waals surface area contributed by atoms with Gasteiger partial charge in [0.2, 0.25) is 5.91 Å². The Kier molecular flexibility index (Phi) is 6.27. The molecule has 2 fully saturated rings. The molecule has 0 spiro atoms. The number of amides is 1. The molecule has 148 valence electrons. The van der Waals surface area contributed by atoms with E-state index in [0.717, 1.165) is 49.0 Å². The Labute approximate surface area is 170 Å². The van der Waals surface area contributed by atoms with Crippen molar-refractivity contribution >= 4 is 23.5 Å². The molecule has 5 nitrogen and oxygen atoms in total. The van der Waals surface area contributed by atoms with Gasteiger partial charge in [0.25, 0.3) is 0 Å². The number of hydrogen-bond donors (Lipinski definition) is 1. The highest BCUT2D eigenvalue weighted by Gasteiger charge is 2.27. The number of thioether (sulfide) groups is 1. The molecule has 1 aliphatic heterocycles. The van der Waals surface area contributed by atoms with Crippen LogP contribution in [0.25, 0.3) is 0 Å². The molecule has 1 unspecified atom stereocenters. The van der Waals surface area contributed by atoms with Crippen LogP contribution in [-0.4, -0.2) is 34.6 Å². The predicted molar refractivity (Wildman–Crippen MR) is 112 cm³/mol. The second kappa shape index (κ2) is 9.05. The number of nitrogens with zero attached hydrogens (tertiary/aromatic N) is 2. The second-order valence-electron chi connectivity index (χ2n) is 7.78. The Morgan fingerprint density at radius 2 is 1.86 bits per heavy atom. The van der Waals surface area contributed by atoms with Crippen molar-refractivity contribution in [2.75, 3.05) is 18.5 Å². The minimum Gasteiger partial charge on any atom is -0.381 e. The van der Waals surface area contributed by atoms with Gasteiger partial charge >= 0.3 is 0 Å². The fourth-order valence-corrected chi connectivity index (χ4v) is 4.60. The summed E-state index contributed by atoms with van der Waals surface area (Å²) in [5, 5.41) is 11.9. The molecule has 1 amide bonds. The molecule has 0 bridgehead atoms. The van der Waals surface area contributed by atoms with E-state index in [4.69, 9.17) is 4.74 Å². The number of hydrogen-bond acceptors (Lipinski definition) is 5. The summed E-state index contributed by atoms with van der Waals surface area (Å²) in [6.07, 6.45) is 5.51. The van der Waals surface area contributed by atoms with Crippen LogP contribution < -0.4 is 5.32 Å². The summed E-state index contributed by atoms with van der Waals surface area (Å²) in [4.78, 5) is 14.4. The summed E-state index contributed by atoms with van der Waals surface area (Å²) < 4.78 is 5.49. The molecule has 28 heavy (non-hydrogen) atoms. The van der Waals surface area contributed by atoms with E-state index in [9.17, 15) is 4.79 Å². The van der Waals surface area contributed by atoms with Crippen LogP contribution >= 0.6 is 11.8 Å². The van der Waals surface area contributed by atoms with E-state index in [1.807, 2.05) is 24.8 Å². The first-order valence-corrected chi connectivity index (χ1v) is 11.0. The first-order chi connectivity index (χ1) is 13.7. The zero-order valence-corrected chi connectivity index (χ0v) is 17.1. The maximum Gasteiger partial charge on any atom is 0.233 e. The summed E-state index contributed by atoms with van der Waals surface area (Å²) in [5.74, 6) is 0.820. The van der Waals surface area contributed by atoms with Crippen LogP contribution in [0.1, 0.15) is 49.3 Å². The Bertz CT molecular complexity index is 784. The molecule has 1 aliphatic carbocycles. The number of carbonyl (C=O) groups is 1. The standard InChI is InChI=1S/C22H27N3O2S/c1-15-2-9-21(25-24-15)23-22(26)20(14-16-10-12-27-13-11-16)17-3-5-18(6-4-17)28-19-7-8-19/h2-6,9,16,19-20H,7-8,10-14H2,1H3,(H,23,25,26). The van der Waals surface area contributed by atoms with Gasteiger partial charge in [0.15, 0.2) is 5.82 Å². The van der Waals surface area contributed by atoms with Crippen LogP contribution in [0, 0.1) is 12.8 Å². The quantitative estimate of drug-likeness (QED) is 0.741. The normalized spacial score (nSPS) is 18.6. The molecular formula is C22H27N3O2S. The molecule has 6 heteroatoms. The number of benzene rings is 1. The van der Waals surface area contributed by atoms with Gasteiger partial charge in [0.05, 0.1) is 11.6 Å². The van der Waals surface area contributed by atoms with Crippen molar-refractivity contribution in [3.63, 3.8) is 0 Å². The van der Waals surface area contributed by atoms with Crippen molar-refractivity contribution in [1.82, 2.24) is 10.2 Å². The third-order valence-corrected chi connectivity index (χ3v) is 6.73. The van der Waals surface area contributed by atoms with Crippen molar-refractivity contribution < 1.29 is 9.53 Å². The van der Waals surface area contributed by atoms with Crippen LogP contribution in [-0.2, 0) is 9.53 Å². The maximum absolute atomic E-state index is 13.1. The van der Waals surface area contributed by atoms with Gasteiger partial charge < -0.3 is 10.1 Å². The third-order valence-electron chi connectivity index (χ3n) is 5.39. The van der Waals surface area contributed by atoms with E-state index >= 15 is 0 Å². The Morgan fingerprint density at radius 3 is 2.50 bits per heavy atom. The lowest BCUT2D eigenvalue weighted by atomic mass is 9.84. The molecule has 4 rings (SSSR count). The van der Waals surface area contributed by atoms with Crippen molar-refractivity contribution in [1.29, 1.82) is 0 Å². The molecule has 1 N–H and O–H groups in total. The van der Waals surface area contributed by atoms with Crippen molar-refractivity contribution in [2.45, 2.75) is 55.1 Å². The monoisotopic (exact) mass is 397 g/mol. The predicted octanol–water partition coefficient (Wildman–Crippen LogP) is 4.58. The summed E-state index contributed by atoms with van der Waals surface area (Å²) >= 11 is 1.94. The van der Waals surface area contributed by atoms with Gasteiger partial charge in [-0.25, -0.2) is 0 Å². The van der Waals surface area contributed by atoms with Crippen molar-refractivity contribution in [3.8, 4) is 0 Å². The molecule has 2 aliphatic rings. The van der Waals surface area contributed by atoms with E-state index in [1.165, 1.54) is 17.7 Å². The van der Waals surface area contributed by atoms with E-state index < -0.39 is 0 Å². The fraction of sp³-hybridized carbons (Fsp3) is 0.500. The minimum absolute atomic E-state index is 0.00718. The van der Waals surface area contributed by atoms with Gasteiger partial charge in [-0.3, -0.25) is 4.79 Å². The van der Waals surface area contributed by atoms with Gasteiger partial charge in [0, 0.05) is 23.4 Å². The van der Waals surface area contributed by atoms with Crippen LogP contribution in [0.2, 0.25) is 0 Å². The van der Waals surface area contributed by atoms with Gasteiger partial charge in [0.1, 0.15) is 0 Å². The van der Waals surface area contributed by atoms with Crippen LogP contribution in [0.5, 0.6) is 0 Å². The average Bonchev–Trinajstić information content (AvgIpc) is 3.53. The average molecular weight is 398 g/mol. The highest BCUT2D eigenvalue weighted by Crippen LogP contribution is 2.39. The van der Waals surface area contributed by atoms with Gasteiger partial charge in [-0.15, -0.1) is 16.9 Å². The number of aryl methyl sites for hydroxylation is 1. The molecule has 1 saturated carbocycles. The number of rotatable bonds is 7. The SMILES string of the molecule is Cc1ccc(NC(=O)C(CC2CCOCC2)c2ccc(SC3CC3)cc2)nn1. The molecule has 1 atom stereocenters. The summed E-state index contributed by atoms with van der Waals surface area (Å²) in [7, 11) is 0. The number of ether oxygens (including phenoxy) is 1. The van der Waals surface area contributed by atoms with Gasteiger partial charge in [-0.2, -0.15) is 5.10 Å². The lowest BCUT2D eigenvalue weighted by Gasteiger charge is -2.26.